The second-order valence-electron chi connectivity index (χ2n) is 3.92. The van der Waals surface area contributed by atoms with E-state index in [0.717, 1.165) is 26.6 Å². The SMILES string of the molecule is C/C(=N/O)c1sc2nc3ccccc3n2c1C. The number of para-hydroxylation sites is 2. The Morgan fingerprint density at radius 1 is 1.41 bits per heavy atom. The van der Waals surface area contributed by atoms with Crippen LogP contribution in [0.5, 0.6) is 0 Å². The lowest BCUT2D eigenvalue weighted by atomic mass is 10.3. The van der Waals surface area contributed by atoms with Crippen LogP contribution in [0.3, 0.4) is 0 Å². The highest BCUT2D eigenvalue weighted by molar-refractivity contribution is 7.19. The smallest absolute Gasteiger partial charge is 0.195 e. The molecule has 17 heavy (non-hydrogen) atoms. The molecule has 0 fully saturated rings. The van der Waals surface area contributed by atoms with E-state index in [1.165, 1.54) is 0 Å². The number of benzene rings is 1. The molecular formula is C12H11N3OS. The summed E-state index contributed by atoms with van der Waals surface area (Å²) >= 11 is 1.54. The van der Waals surface area contributed by atoms with Gasteiger partial charge in [0.2, 0.25) is 0 Å². The normalized spacial score (nSPS) is 12.7. The zero-order valence-corrected chi connectivity index (χ0v) is 10.3. The van der Waals surface area contributed by atoms with Crippen molar-refractivity contribution in [3.8, 4) is 0 Å². The van der Waals surface area contributed by atoms with Crippen molar-refractivity contribution >= 4 is 33.0 Å². The summed E-state index contributed by atoms with van der Waals surface area (Å²) in [6.45, 7) is 3.81. The van der Waals surface area contributed by atoms with Crippen molar-refractivity contribution in [1.29, 1.82) is 0 Å². The predicted octanol–water partition coefficient (Wildman–Crippen LogP) is 3.06. The van der Waals surface area contributed by atoms with Gasteiger partial charge in [-0.3, -0.25) is 4.40 Å². The number of thiazole rings is 1. The maximum absolute atomic E-state index is 8.85. The van der Waals surface area contributed by atoms with E-state index < -0.39 is 0 Å². The van der Waals surface area contributed by atoms with Crippen LogP contribution in [-0.2, 0) is 0 Å². The third-order valence-corrected chi connectivity index (χ3v) is 4.12. The number of nitrogens with zero attached hydrogens (tertiary/aromatic N) is 3. The summed E-state index contributed by atoms with van der Waals surface area (Å²) in [7, 11) is 0. The molecule has 1 N–H and O–H groups in total. The Hall–Kier alpha value is -1.88. The molecule has 0 saturated carbocycles. The largest absolute Gasteiger partial charge is 0.411 e. The van der Waals surface area contributed by atoms with Crippen molar-refractivity contribution in [2.45, 2.75) is 13.8 Å². The van der Waals surface area contributed by atoms with E-state index in [0.29, 0.717) is 5.71 Å². The number of aromatic nitrogens is 2. The number of fused-ring (bicyclic) bond motifs is 3. The van der Waals surface area contributed by atoms with Gasteiger partial charge in [0.05, 0.1) is 21.6 Å². The van der Waals surface area contributed by atoms with Gasteiger partial charge in [-0.15, -0.1) is 0 Å². The van der Waals surface area contributed by atoms with Crippen LogP contribution in [0.25, 0.3) is 16.0 Å². The molecule has 0 aliphatic heterocycles. The molecule has 0 radical (unpaired) electrons. The molecular weight excluding hydrogens is 234 g/mol. The summed E-state index contributed by atoms with van der Waals surface area (Å²) in [5, 5.41) is 12.1. The molecule has 0 spiro atoms. The van der Waals surface area contributed by atoms with E-state index in [1.54, 1.807) is 18.3 Å². The number of rotatable bonds is 1. The summed E-state index contributed by atoms with van der Waals surface area (Å²) in [6.07, 6.45) is 0. The summed E-state index contributed by atoms with van der Waals surface area (Å²) < 4.78 is 2.10. The van der Waals surface area contributed by atoms with Crippen molar-refractivity contribution < 1.29 is 5.21 Å². The van der Waals surface area contributed by atoms with Crippen LogP contribution >= 0.6 is 11.3 Å². The Labute approximate surface area is 102 Å². The number of oxime groups is 1. The topological polar surface area (TPSA) is 49.9 Å². The van der Waals surface area contributed by atoms with Gasteiger partial charge in [-0.2, -0.15) is 0 Å². The summed E-state index contributed by atoms with van der Waals surface area (Å²) in [5.74, 6) is 0. The first-order chi connectivity index (χ1) is 8.22. The first-order valence-corrected chi connectivity index (χ1v) is 6.09. The zero-order chi connectivity index (χ0) is 12.0. The molecule has 0 unspecified atom stereocenters. The highest BCUT2D eigenvalue weighted by Crippen LogP contribution is 2.27. The van der Waals surface area contributed by atoms with Gasteiger partial charge >= 0.3 is 0 Å². The van der Waals surface area contributed by atoms with Crippen LogP contribution in [-0.4, -0.2) is 20.3 Å². The molecule has 1 aromatic carbocycles. The Kier molecular flexibility index (Phi) is 2.16. The minimum absolute atomic E-state index is 0.627. The fourth-order valence-corrected chi connectivity index (χ4v) is 3.12. The fourth-order valence-electron chi connectivity index (χ4n) is 2.04. The predicted molar refractivity (Wildman–Crippen MR) is 69.3 cm³/mol. The lowest BCUT2D eigenvalue weighted by molar-refractivity contribution is 0.319. The summed E-state index contributed by atoms with van der Waals surface area (Å²) in [4.78, 5) is 6.46. The third kappa shape index (κ3) is 1.36. The van der Waals surface area contributed by atoms with Crippen LogP contribution in [0.1, 0.15) is 17.5 Å². The highest BCUT2D eigenvalue weighted by atomic mass is 32.1. The second kappa shape index (κ2) is 3.56. The number of aryl methyl sites for hydroxylation is 1. The summed E-state index contributed by atoms with van der Waals surface area (Å²) in [5.41, 5.74) is 3.77. The highest BCUT2D eigenvalue weighted by Gasteiger charge is 2.15. The van der Waals surface area contributed by atoms with Gasteiger partial charge < -0.3 is 5.21 Å². The lowest BCUT2D eigenvalue weighted by Gasteiger charge is -1.97. The monoisotopic (exact) mass is 245 g/mol. The van der Waals surface area contributed by atoms with Gasteiger partial charge in [0.1, 0.15) is 0 Å². The van der Waals surface area contributed by atoms with Crippen molar-refractivity contribution in [2.24, 2.45) is 5.16 Å². The molecule has 86 valence electrons. The van der Waals surface area contributed by atoms with Crippen LogP contribution < -0.4 is 0 Å². The minimum Gasteiger partial charge on any atom is -0.411 e. The van der Waals surface area contributed by atoms with E-state index in [9.17, 15) is 0 Å². The molecule has 3 rings (SSSR count). The number of imidazole rings is 1. The van der Waals surface area contributed by atoms with Gasteiger partial charge in [0.15, 0.2) is 4.96 Å². The van der Waals surface area contributed by atoms with Gasteiger partial charge in [-0.25, -0.2) is 4.98 Å². The minimum atomic E-state index is 0.627. The van der Waals surface area contributed by atoms with E-state index >= 15 is 0 Å². The molecule has 0 bridgehead atoms. The first-order valence-electron chi connectivity index (χ1n) is 5.28. The second-order valence-corrected chi connectivity index (χ2v) is 4.90. The van der Waals surface area contributed by atoms with Gasteiger partial charge in [0.25, 0.3) is 0 Å². The molecule has 0 aliphatic carbocycles. The Morgan fingerprint density at radius 3 is 2.94 bits per heavy atom. The van der Waals surface area contributed by atoms with Crippen molar-refractivity contribution in [1.82, 2.24) is 9.38 Å². The Bertz CT molecular complexity index is 739. The maximum Gasteiger partial charge on any atom is 0.195 e. The fraction of sp³-hybridized carbons (Fsp3) is 0.167. The van der Waals surface area contributed by atoms with Crippen molar-refractivity contribution in [3.63, 3.8) is 0 Å². The quantitative estimate of drug-likeness (QED) is 0.407. The Morgan fingerprint density at radius 2 is 2.18 bits per heavy atom. The van der Waals surface area contributed by atoms with Gasteiger partial charge in [-0.05, 0) is 26.0 Å². The average Bonchev–Trinajstić information content (AvgIpc) is 2.85. The van der Waals surface area contributed by atoms with E-state index in [4.69, 9.17) is 5.21 Å². The van der Waals surface area contributed by atoms with Gasteiger partial charge in [-0.1, -0.05) is 28.6 Å². The molecule has 0 aliphatic rings. The van der Waals surface area contributed by atoms with Crippen LogP contribution in [0.2, 0.25) is 0 Å². The molecule has 4 nitrogen and oxygen atoms in total. The molecule has 3 aromatic rings. The lowest BCUT2D eigenvalue weighted by Crippen LogP contribution is -1.95. The standard InChI is InChI=1S/C12H11N3OS/c1-7(14-16)11-8(2)15-10-6-4-3-5-9(10)13-12(15)17-11/h3-6,16H,1-2H3/b14-7-. The molecule has 0 atom stereocenters. The Balaban J connectivity index is 2.43. The van der Waals surface area contributed by atoms with Crippen molar-refractivity contribution in [2.75, 3.05) is 0 Å². The van der Waals surface area contributed by atoms with E-state index in [2.05, 4.69) is 14.5 Å². The van der Waals surface area contributed by atoms with E-state index in [-0.39, 0.29) is 0 Å². The van der Waals surface area contributed by atoms with Crippen molar-refractivity contribution in [3.05, 3.63) is 34.8 Å². The van der Waals surface area contributed by atoms with Crippen LogP contribution in [0.15, 0.2) is 29.4 Å². The number of hydrogen-bond donors (Lipinski definition) is 1. The maximum atomic E-state index is 8.85. The molecule has 2 heterocycles. The van der Waals surface area contributed by atoms with E-state index in [1.807, 2.05) is 31.2 Å². The third-order valence-electron chi connectivity index (χ3n) is 2.87. The zero-order valence-electron chi connectivity index (χ0n) is 9.51. The molecule has 0 saturated heterocycles. The van der Waals surface area contributed by atoms with Crippen LogP contribution in [0, 0.1) is 6.92 Å². The molecule has 0 amide bonds. The molecule has 2 aromatic heterocycles. The average molecular weight is 245 g/mol. The molecule has 5 heteroatoms. The summed E-state index contributed by atoms with van der Waals surface area (Å²) in [6, 6.07) is 8.03. The van der Waals surface area contributed by atoms with Gasteiger partial charge in [0, 0.05) is 5.69 Å². The van der Waals surface area contributed by atoms with Crippen LogP contribution in [0.4, 0.5) is 0 Å². The first kappa shape index (κ1) is 10.3. The number of hydrogen-bond acceptors (Lipinski definition) is 4.